The van der Waals surface area contributed by atoms with Crippen molar-refractivity contribution >= 4 is 28.9 Å². The molecule has 0 spiro atoms. The molecule has 0 aliphatic heterocycles. The molecule has 0 amide bonds. The molecule has 3 nitrogen and oxygen atoms in total. The lowest BCUT2D eigenvalue weighted by atomic mass is 10.1. The topological polar surface area (TPSA) is 59.0 Å². The number of ether oxygens (including phenoxy) is 1. The second-order valence-corrected chi connectivity index (χ2v) is 5.88. The highest BCUT2D eigenvalue weighted by Gasteiger charge is 2.08. The van der Waals surface area contributed by atoms with E-state index in [-0.39, 0.29) is 0 Å². The molecule has 2 aromatic rings. The molecule has 112 valence electrons. The lowest BCUT2D eigenvalue weighted by Gasteiger charge is -2.08. The molecule has 5 heteroatoms. The average Bonchev–Trinajstić information content (AvgIpc) is 2.55. The van der Waals surface area contributed by atoms with Crippen LogP contribution in [0.25, 0.3) is 5.57 Å². The number of benzene rings is 2. The minimum Gasteiger partial charge on any atom is -0.497 e. The standard InChI is InChI=1S/C17H15ClN2OS/c1-21-14-8-6-12(7-9-14)15(10-19)17(20)22-11-13-4-2-3-5-16(13)18/h2-9H,11,20H2,1H3/b17-15+. The normalized spacial score (nSPS) is 11.5. The van der Waals surface area contributed by atoms with Gasteiger partial charge in [-0.05, 0) is 41.5 Å². The Bertz CT molecular complexity index is 720. The average molecular weight is 331 g/mol. The van der Waals surface area contributed by atoms with Gasteiger partial charge in [-0.2, -0.15) is 5.26 Å². The van der Waals surface area contributed by atoms with E-state index in [0.717, 1.165) is 16.9 Å². The molecule has 2 rings (SSSR count). The van der Waals surface area contributed by atoms with Crippen molar-refractivity contribution in [1.82, 2.24) is 0 Å². The van der Waals surface area contributed by atoms with E-state index in [2.05, 4.69) is 6.07 Å². The molecule has 0 atom stereocenters. The van der Waals surface area contributed by atoms with E-state index >= 15 is 0 Å². The number of methoxy groups -OCH3 is 1. The predicted molar refractivity (Wildman–Crippen MR) is 92.5 cm³/mol. The molecule has 0 saturated heterocycles. The number of halogens is 1. The van der Waals surface area contributed by atoms with Gasteiger partial charge in [0.2, 0.25) is 0 Å². The summed E-state index contributed by atoms with van der Waals surface area (Å²) < 4.78 is 5.11. The van der Waals surface area contributed by atoms with Gasteiger partial charge in [0.25, 0.3) is 0 Å². The van der Waals surface area contributed by atoms with Gasteiger partial charge in [-0.3, -0.25) is 0 Å². The van der Waals surface area contributed by atoms with Crippen LogP contribution in [-0.2, 0) is 5.75 Å². The van der Waals surface area contributed by atoms with Gasteiger partial charge in [-0.25, -0.2) is 0 Å². The van der Waals surface area contributed by atoms with Crippen LogP contribution in [0.15, 0.2) is 53.6 Å². The summed E-state index contributed by atoms with van der Waals surface area (Å²) in [6.45, 7) is 0. The molecular weight excluding hydrogens is 316 g/mol. The van der Waals surface area contributed by atoms with Crippen molar-refractivity contribution < 1.29 is 4.74 Å². The number of hydrogen-bond donors (Lipinski definition) is 1. The van der Waals surface area contributed by atoms with Crippen LogP contribution in [0.5, 0.6) is 5.75 Å². The SMILES string of the molecule is COc1ccc(/C(C#N)=C(\N)SCc2ccccc2Cl)cc1. The van der Waals surface area contributed by atoms with Crippen LogP contribution in [0.3, 0.4) is 0 Å². The first-order valence-corrected chi connectivity index (χ1v) is 7.92. The van der Waals surface area contributed by atoms with Crippen molar-refractivity contribution in [1.29, 1.82) is 5.26 Å². The molecule has 0 saturated carbocycles. The molecule has 22 heavy (non-hydrogen) atoms. The number of nitriles is 1. The summed E-state index contributed by atoms with van der Waals surface area (Å²) in [4.78, 5) is 0. The fourth-order valence-corrected chi connectivity index (χ4v) is 3.02. The maximum atomic E-state index is 9.37. The highest BCUT2D eigenvalue weighted by Crippen LogP contribution is 2.28. The first kappa shape index (κ1) is 16.3. The number of nitrogens with zero attached hydrogens (tertiary/aromatic N) is 1. The van der Waals surface area contributed by atoms with Gasteiger partial charge >= 0.3 is 0 Å². The minimum absolute atomic E-state index is 0.458. The molecule has 0 fully saturated rings. The Labute approximate surface area is 139 Å². The molecule has 0 heterocycles. The zero-order chi connectivity index (χ0) is 15.9. The Morgan fingerprint density at radius 1 is 1.23 bits per heavy atom. The second kappa shape index (κ2) is 7.79. The minimum atomic E-state index is 0.458. The summed E-state index contributed by atoms with van der Waals surface area (Å²) in [5, 5.41) is 10.5. The van der Waals surface area contributed by atoms with Crippen molar-refractivity contribution in [2.24, 2.45) is 5.73 Å². The lowest BCUT2D eigenvalue weighted by Crippen LogP contribution is -1.98. The molecule has 0 aliphatic rings. The Morgan fingerprint density at radius 3 is 2.50 bits per heavy atom. The van der Waals surface area contributed by atoms with Crippen molar-refractivity contribution in [3.8, 4) is 11.8 Å². The Balaban J connectivity index is 2.18. The monoisotopic (exact) mass is 330 g/mol. The molecular formula is C17H15ClN2OS. The van der Waals surface area contributed by atoms with Crippen LogP contribution >= 0.6 is 23.4 Å². The smallest absolute Gasteiger partial charge is 0.118 e. The molecule has 2 N–H and O–H groups in total. The van der Waals surface area contributed by atoms with E-state index in [1.54, 1.807) is 19.2 Å². The van der Waals surface area contributed by atoms with Crippen molar-refractivity contribution in [2.75, 3.05) is 7.11 Å². The zero-order valence-electron chi connectivity index (χ0n) is 12.0. The molecule has 0 radical (unpaired) electrons. The maximum absolute atomic E-state index is 9.37. The third kappa shape index (κ3) is 3.97. The highest BCUT2D eigenvalue weighted by molar-refractivity contribution is 8.02. The van der Waals surface area contributed by atoms with Crippen molar-refractivity contribution in [3.63, 3.8) is 0 Å². The van der Waals surface area contributed by atoms with E-state index in [1.165, 1.54) is 11.8 Å². The lowest BCUT2D eigenvalue weighted by molar-refractivity contribution is 0.415. The van der Waals surface area contributed by atoms with Crippen molar-refractivity contribution in [3.05, 3.63) is 69.7 Å². The van der Waals surface area contributed by atoms with E-state index in [4.69, 9.17) is 22.1 Å². The first-order chi connectivity index (χ1) is 10.7. The molecule has 2 aromatic carbocycles. The molecule has 0 aromatic heterocycles. The van der Waals surface area contributed by atoms with Gasteiger partial charge in [-0.1, -0.05) is 29.8 Å². The third-order valence-corrected chi connectivity index (χ3v) is 4.42. The quantitative estimate of drug-likeness (QED) is 0.824. The van der Waals surface area contributed by atoms with E-state index < -0.39 is 0 Å². The van der Waals surface area contributed by atoms with Crippen LogP contribution in [0.1, 0.15) is 11.1 Å². The number of hydrogen-bond acceptors (Lipinski definition) is 4. The van der Waals surface area contributed by atoms with Crippen molar-refractivity contribution in [2.45, 2.75) is 5.75 Å². The fraction of sp³-hybridized carbons (Fsp3) is 0.118. The van der Waals surface area contributed by atoms with Gasteiger partial charge in [0.1, 0.15) is 11.8 Å². The van der Waals surface area contributed by atoms with E-state index in [9.17, 15) is 5.26 Å². The Hall–Kier alpha value is -2.09. The summed E-state index contributed by atoms with van der Waals surface area (Å²) in [6.07, 6.45) is 0. The molecule has 0 unspecified atom stereocenters. The predicted octanol–water partition coefficient (Wildman–Crippen LogP) is 4.43. The first-order valence-electron chi connectivity index (χ1n) is 6.56. The second-order valence-electron chi connectivity index (χ2n) is 4.46. The van der Waals surface area contributed by atoms with Gasteiger partial charge in [0.05, 0.1) is 17.7 Å². The third-order valence-electron chi connectivity index (χ3n) is 3.08. The van der Waals surface area contributed by atoms with Gasteiger partial charge in [0, 0.05) is 10.8 Å². The van der Waals surface area contributed by atoms with Gasteiger partial charge in [-0.15, -0.1) is 11.8 Å². The number of thioether (sulfide) groups is 1. The number of nitrogens with two attached hydrogens (primary N) is 1. The summed E-state index contributed by atoms with van der Waals surface area (Å²) in [5.74, 6) is 1.36. The molecule has 0 bridgehead atoms. The number of allylic oxidation sites excluding steroid dienone is 1. The van der Waals surface area contributed by atoms with Crippen LogP contribution < -0.4 is 10.5 Å². The molecule has 0 aliphatic carbocycles. The van der Waals surface area contributed by atoms with E-state index in [0.29, 0.717) is 21.4 Å². The van der Waals surface area contributed by atoms with Crippen LogP contribution in [0.4, 0.5) is 0 Å². The fourth-order valence-electron chi connectivity index (χ4n) is 1.86. The Kier molecular flexibility index (Phi) is 5.76. The largest absolute Gasteiger partial charge is 0.497 e. The van der Waals surface area contributed by atoms with Crippen LogP contribution in [-0.4, -0.2) is 7.11 Å². The van der Waals surface area contributed by atoms with E-state index in [1.807, 2.05) is 36.4 Å². The summed E-state index contributed by atoms with van der Waals surface area (Å²) >= 11 is 7.52. The van der Waals surface area contributed by atoms with Crippen LogP contribution in [0, 0.1) is 11.3 Å². The highest BCUT2D eigenvalue weighted by atomic mass is 35.5. The maximum Gasteiger partial charge on any atom is 0.118 e. The summed E-state index contributed by atoms with van der Waals surface area (Å²) in [7, 11) is 1.60. The van der Waals surface area contributed by atoms with Gasteiger partial charge in [0.15, 0.2) is 0 Å². The Morgan fingerprint density at radius 2 is 1.91 bits per heavy atom. The number of rotatable bonds is 5. The summed E-state index contributed by atoms with van der Waals surface area (Å²) in [5.41, 5.74) is 8.29. The zero-order valence-corrected chi connectivity index (χ0v) is 13.6. The van der Waals surface area contributed by atoms with Gasteiger partial charge < -0.3 is 10.5 Å². The summed E-state index contributed by atoms with van der Waals surface area (Å²) in [6, 6.07) is 17.0. The van der Waals surface area contributed by atoms with Crippen LogP contribution in [0.2, 0.25) is 5.02 Å².